The Kier molecular flexibility index (Phi) is 6.82. The third-order valence-corrected chi connectivity index (χ3v) is 2.66. The molecule has 0 amide bonds. The number of hydrogen-bond donors (Lipinski definition) is 1. The van der Waals surface area contributed by atoms with E-state index in [2.05, 4.69) is 11.9 Å². The second-order valence-electron chi connectivity index (χ2n) is 4.23. The number of ether oxygens (including phenoxy) is 1. The van der Waals surface area contributed by atoms with Crippen LogP contribution in [-0.2, 0) is 16.0 Å². The molecule has 1 unspecified atom stereocenters. The van der Waals surface area contributed by atoms with Gasteiger partial charge in [-0.2, -0.15) is 0 Å². The SMILES string of the molecule is C=CCNC(CC(=O)OCC)Cc1ccc(F)cc1. The highest BCUT2D eigenvalue weighted by Crippen LogP contribution is 2.08. The van der Waals surface area contributed by atoms with Crippen LogP contribution >= 0.6 is 0 Å². The van der Waals surface area contributed by atoms with Gasteiger partial charge < -0.3 is 10.1 Å². The van der Waals surface area contributed by atoms with E-state index in [1.807, 2.05) is 0 Å². The predicted molar refractivity (Wildman–Crippen MR) is 73.3 cm³/mol. The van der Waals surface area contributed by atoms with E-state index in [1.54, 1.807) is 25.1 Å². The van der Waals surface area contributed by atoms with Gasteiger partial charge in [0.05, 0.1) is 13.0 Å². The molecule has 4 heteroatoms. The normalized spacial score (nSPS) is 11.9. The molecular formula is C15H20FNO2. The molecule has 19 heavy (non-hydrogen) atoms. The Morgan fingerprint density at radius 1 is 1.47 bits per heavy atom. The second-order valence-corrected chi connectivity index (χ2v) is 4.23. The van der Waals surface area contributed by atoms with Crippen LogP contribution in [0.2, 0.25) is 0 Å². The summed E-state index contributed by atoms with van der Waals surface area (Å²) in [6.45, 7) is 6.42. The predicted octanol–water partition coefficient (Wildman–Crippen LogP) is 2.47. The Morgan fingerprint density at radius 2 is 2.16 bits per heavy atom. The number of benzene rings is 1. The molecule has 1 aromatic carbocycles. The third-order valence-electron chi connectivity index (χ3n) is 2.66. The Bertz CT molecular complexity index is 403. The fourth-order valence-electron chi connectivity index (χ4n) is 1.79. The van der Waals surface area contributed by atoms with Crippen molar-refractivity contribution in [3.63, 3.8) is 0 Å². The first kappa shape index (κ1) is 15.4. The number of halogens is 1. The van der Waals surface area contributed by atoms with E-state index >= 15 is 0 Å². The first-order chi connectivity index (χ1) is 9.15. The molecule has 1 N–H and O–H groups in total. The Labute approximate surface area is 113 Å². The Morgan fingerprint density at radius 3 is 2.74 bits per heavy atom. The number of hydrogen-bond acceptors (Lipinski definition) is 3. The van der Waals surface area contributed by atoms with Crippen molar-refractivity contribution in [2.75, 3.05) is 13.2 Å². The summed E-state index contributed by atoms with van der Waals surface area (Å²) >= 11 is 0. The summed E-state index contributed by atoms with van der Waals surface area (Å²) in [6, 6.07) is 6.25. The summed E-state index contributed by atoms with van der Waals surface area (Å²) in [5.41, 5.74) is 0.979. The van der Waals surface area contributed by atoms with Crippen LogP contribution < -0.4 is 5.32 Å². The molecule has 104 valence electrons. The number of carbonyl (C=O) groups excluding carboxylic acids is 1. The van der Waals surface area contributed by atoms with Gasteiger partial charge >= 0.3 is 5.97 Å². The first-order valence-corrected chi connectivity index (χ1v) is 6.40. The fourth-order valence-corrected chi connectivity index (χ4v) is 1.79. The Balaban J connectivity index is 2.59. The maximum Gasteiger partial charge on any atom is 0.307 e. The average molecular weight is 265 g/mol. The van der Waals surface area contributed by atoms with Gasteiger partial charge in [-0.1, -0.05) is 18.2 Å². The fraction of sp³-hybridized carbons (Fsp3) is 0.400. The summed E-state index contributed by atoms with van der Waals surface area (Å²) in [7, 11) is 0. The van der Waals surface area contributed by atoms with Gasteiger partial charge in [0.25, 0.3) is 0 Å². The summed E-state index contributed by atoms with van der Waals surface area (Å²) in [5.74, 6) is -0.490. The van der Waals surface area contributed by atoms with E-state index in [1.165, 1.54) is 12.1 Å². The van der Waals surface area contributed by atoms with E-state index in [9.17, 15) is 9.18 Å². The van der Waals surface area contributed by atoms with E-state index in [0.717, 1.165) is 5.56 Å². The summed E-state index contributed by atoms with van der Waals surface area (Å²) in [5, 5.41) is 3.21. The van der Waals surface area contributed by atoms with Crippen molar-refractivity contribution in [2.45, 2.75) is 25.8 Å². The van der Waals surface area contributed by atoms with Crippen LogP contribution in [0.5, 0.6) is 0 Å². The zero-order chi connectivity index (χ0) is 14.1. The molecule has 0 aliphatic heterocycles. The van der Waals surface area contributed by atoms with E-state index in [0.29, 0.717) is 26.0 Å². The van der Waals surface area contributed by atoms with Crippen molar-refractivity contribution in [1.29, 1.82) is 0 Å². The van der Waals surface area contributed by atoms with Crippen LogP contribution in [-0.4, -0.2) is 25.2 Å². The number of nitrogens with one attached hydrogen (secondary N) is 1. The maximum absolute atomic E-state index is 12.8. The van der Waals surface area contributed by atoms with Crippen molar-refractivity contribution in [1.82, 2.24) is 5.32 Å². The molecule has 0 saturated heterocycles. The lowest BCUT2D eigenvalue weighted by Crippen LogP contribution is -2.34. The molecule has 0 saturated carbocycles. The highest BCUT2D eigenvalue weighted by Gasteiger charge is 2.14. The first-order valence-electron chi connectivity index (χ1n) is 6.40. The average Bonchev–Trinajstić information content (AvgIpc) is 2.39. The zero-order valence-electron chi connectivity index (χ0n) is 11.2. The minimum atomic E-state index is -0.259. The molecular weight excluding hydrogens is 245 g/mol. The van der Waals surface area contributed by atoms with Crippen LogP contribution in [0, 0.1) is 5.82 Å². The van der Waals surface area contributed by atoms with Crippen LogP contribution in [0.3, 0.4) is 0 Å². The molecule has 0 bridgehead atoms. The molecule has 1 aromatic rings. The lowest BCUT2D eigenvalue weighted by molar-refractivity contribution is -0.143. The van der Waals surface area contributed by atoms with Gasteiger partial charge in [-0.25, -0.2) is 4.39 Å². The molecule has 1 rings (SSSR count). The van der Waals surface area contributed by atoms with Gasteiger partial charge in [0.15, 0.2) is 0 Å². The quantitative estimate of drug-likeness (QED) is 0.579. The van der Waals surface area contributed by atoms with Crippen LogP contribution in [0.4, 0.5) is 4.39 Å². The lowest BCUT2D eigenvalue weighted by atomic mass is 10.0. The minimum absolute atomic E-state index is 0.0393. The minimum Gasteiger partial charge on any atom is -0.466 e. The zero-order valence-corrected chi connectivity index (χ0v) is 11.2. The van der Waals surface area contributed by atoms with E-state index in [4.69, 9.17) is 4.74 Å². The molecule has 0 aromatic heterocycles. The molecule has 0 spiro atoms. The van der Waals surface area contributed by atoms with Gasteiger partial charge in [0.2, 0.25) is 0 Å². The van der Waals surface area contributed by atoms with Crippen molar-refractivity contribution >= 4 is 5.97 Å². The highest BCUT2D eigenvalue weighted by atomic mass is 19.1. The molecule has 1 atom stereocenters. The number of carbonyl (C=O) groups is 1. The number of esters is 1. The van der Waals surface area contributed by atoms with Gasteiger partial charge in [0.1, 0.15) is 5.82 Å². The highest BCUT2D eigenvalue weighted by molar-refractivity contribution is 5.70. The molecule has 0 fully saturated rings. The summed E-state index contributed by atoms with van der Waals surface area (Å²) in [6.07, 6.45) is 2.68. The van der Waals surface area contributed by atoms with Gasteiger partial charge in [-0.05, 0) is 31.0 Å². The molecule has 3 nitrogen and oxygen atoms in total. The maximum atomic E-state index is 12.8. The largest absolute Gasteiger partial charge is 0.466 e. The second kappa shape index (κ2) is 8.43. The Hall–Kier alpha value is -1.68. The standard InChI is InChI=1S/C15H20FNO2/c1-3-9-17-14(11-15(18)19-4-2)10-12-5-7-13(16)8-6-12/h3,5-8,14,17H,1,4,9-11H2,2H3. The monoisotopic (exact) mass is 265 g/mol. The van der Waals surface area contributed by atoms with E-state index in [-0.39, 0.29) is 17.8 Å². The summed E-state index contributed by atoms with van der Waals surface area (Å²) < 4.78 is 17.8. The smallest absolute Gasteiger partial charge is 0.307 e. The lowest BCUT2D eigenvalue weighted by Gasteiger charge is -2.17. The van der Waals surface area contributed by atoms with Crippen LogP contribution in [0.25, 0.3) is 0 Å². The van der Waals surface area contributed by atoms with Gasteiger partial charge in [-0.3, -0.25) is 4.79 Å². The van der Waals surface area contributed by atoms with Crippen molar-refractivity contribution in [3.8, 4) is 0 Å². The molecule has 0 aliphatic carbocycles. The van der Waals surface area contributed by atoms with E-state index < -0.39 is 0 Å². The van der Waals surface area contributed by atoms with Crippen LogP contribution in [0.15, 0.2) is 36.9 Å². The van der Waals surface area contributed by atoms with Crippen molar-refractivity contribution in [3.05, 3.63) is 48.3 Å². The van der Waals surface area contributed by atoms with Crippen LogP contribution in [0.1, 0.15) is 18.9 Å². The third kappa shape index (κ3) is 6.15. The van der Waals surface area contributed by atoms with Gasteiger partial charge in [0, 0.05) is 12.6 Å². The molecule has 0 radical (unpaired) electrons. The topological polar surface area (TPSA) is 38.3 Å². The molecule has 0 aliphatic rings. The van der Waals surface area contributed by atoms with Gasteiger partial charge in [-0.15, -0.1) is 6.58 Å². The van der Waals surface area contributed by atoms with Crippen molar-refractivity contribution in [2.24, 2.45) is 0 Å². The molecule has 0 heterocycles. The number of rotatable bonds is 8. The summed E-state index contributed by atoms with van der Waals surface area (Å²) in [4.78, 5) is 11.5. The van der Waals surface area contributed by atoms with Crippen molar-refractivity contribution < 1.29 is 13.9 Å².